The minimum atomic E-state index is 0.429. The van der Waals surface area contributed by atoms with Crippen molar-refractivity contribution in [2.75, 3.05) is 13.7 Å². The van der Waals surface area contributed by atoms with Crippen molar-refractivity contribution in [3.63, 3.8) is 0 Å². The fraction of sp³-hybridized carbons (Fsp3) is 0.375. The van der Waals surface area contributed by atoms with Gasteiger partial charge in [0.15, 0.2) is 0 Å². The molecule has 4 nitrogen and oxygen atoms in total. The Bertz CT molecular complexity index is 612. The van der Waals surface area contributed by atoms with Gasteiger partial charge in [-0.3, -0.25) is 0 Å². The Balaban J connectivity index is 1.70. The second kappa shape index (κ2) is 6.41. The lowest BCUT2D eigenvalue weighted by Crippen LogP contribution is -1.97. The lowest BCUT2D eigenvalue weighted by molar-refractivity contribution is 0.202. The molecule has 0 unspecified atom stereocenters. The molecule has 0 atom stereocenters. The first-order valence-corrected chi connectivity index (χ1v) is 7.42. The predicted octanol–water partition coefficient (Wildman–Crippen LogP) is 3.99. The van der Waals surface area contributed by atoms with Gasteiger partial charge in [-0.15, -0.1) is 0 Å². The van der Waals surface area contributed by atoms with Gasteiger partial charge in [0.1, 0.15) is 16.7 Å². The normalized spacial score (nSPS) is 14.2. The number of aromatic nitrogens is 2. The zero-order valence-corrected chi connectivity index (χ0v) is 12.6. The van der Waals surface area contributed by atoms with Gasteiger partial charge < -0.3 is 9.47 Å². The zero-order chi connectivity index (χ0) is 14.7. The van der Waals surface area contributed by atoms with Crippen LogP contribution >= 0.6 is 11.6 Å². The minimum absolute atomic E-state index is 0.429. The molecule has 0 N–H and O–H groups in total. The van der Waals surface area contributed by atoms with Crippen molar-refractivity contribution in [1.29, 1.82) is 0 Å². The van der Waals surface area contributed by atoms with Gasteiger partial charge >= 0.3 is 0 Å². The van der Waals surface area contributed by atoms with Crippen molar-refractivity contribution in [1.82, 2.24) is 9.97 Å². The Labute approximate surface area is 129 Å². The Morgan fingerprint density at radius 3 is 2.62 bits per heavy atom. The number of ether oxygens (including phenoxy) is 2. The van der Waals surface area contributed by atoms with Crippen LogP contribution in [0, 0.1) is 0 Å². The van der Waals surface area contributed by atoms with Crippen LogP contribution in [0.15, 0.2) is 30.3 Å². The summed E-state index contributed by atoms with van der Waals surface area (Å²) in [6, 6.07) is 9.56. The van der Waals surface area contributed by atoms with Gasteiger partial charge in [0.05, 0.1) is 6.61 Å². The second-order valence-electron chi connectivity index (χ2n) is 5.15. The number of hydrogen-bond donors (Lipinski definition) is 0. The second-order valence-corrected chi connectivity index (χ2v) is 5.54. The third-order valence-electron chi connectivity index (χ3n) is 3.37. The number of rotatable bonds is 6. The molecule has 0 radical (unpaired) electrons. The van der Waals surface area contributed by atoms with Gasteiger partial charge in [-0.2, -0.15) is 4.98 Å². The molecule has 0 saturated heterocycles. The van der Waals surface area contributed by atoms with Crippen molar-refractivity contribution in [3.8, 4) is 11.6 Å². The van der Waals surface area contributed by atoms with Crippen LogP contribution in [0.5, 0.6) is 11.6 Å². The molecule has 0 amide bonds. The predicted molar refractivity (Wildman–Crippen MR) is 81.1 cm³/mol. The molecule has 5 heteroatoms. The van der Waals surface area contributed by atoms with E-state index in [1.54, 1.807) is 13.2 Å². The molecule has 0 bridgehead atoms. The van der Waals surface area contributed by atoms with E-state index in [1.165, 1.54) is 5.56 Å². The molecule has 1 saturated carbocycles. The van der Waals surface area contributed by atoms with E-state index in [9.17, 15) is 0 Å². The molecular formula is C16H17ClN2O2. The third-order valence-corrected chi connectivity index (χ3v) is 3.57. The van der Waals surface area contributed by atoms with Gasteiger partial charge in [0.25, 0.3) is 0 Å². The molecule has 1 heterocycles. The van der Waals surface area contributed by atoms with Crippen LogP contribution in [0.4, 0.5) is 0 Å². The fourth-order valence-electron chi connectivity index (χ4n) is 2.05. The van der Waals surface area contributed by atoms with E-state index in [-0.39, 0.29) is 0 Å². The van der Waals surface area contributed by atoms with Crippen molar-refractivity contribution in [2.45, 2.75) is 25.2 Å². The zero-order valence-electron chi connectivity index (χ0n) is 11.9. The van der Waals surface area contributed by atoms with Crippen molar-refractivity contribution in [2.24, 2.45) is 0 Å². The van der Waals surface area contributed by atoms with E-state index in [0.717, 1.165) is 30.8 Å². The van der Waals surface area contributed by atoms with Gasteiger partial charge in [-0.25, -0.2) is 4.98 Å². The standard InChI is InChI=1S/C16H17ClN2O2/c1-20-9-8-11-2-6-13(7-3-11)21-15-10-14(17)18-16(19-15)12-4-5-12/h2-3,6-7,10,12H,4-5,8-9H2,1H3. The summed E-state index contributed by atoms with van der Waals surface area (Å²) in [6.45, 7) is 0.715. The first-order chi connectivity index (χ1) is 10.2. The lowest BCUT2D eigenvalue weighted by atomic mass is 10.1. The van der Waals surface area contributed by atoms with E-state index in [2.05, 4.69) is 9.97 Å². The topological polar surface area (TPSA) is 44.2 Å². The smallest absolute Gasteiger partial charge is 0.224 e. The fourth-order valence-corrected chi connectivity index (χ4v) is 2.23. The van der Waals surface area contributed by atoms with Crippen LogP contribution in [0.1, 0.15) is 30.1 Å². The lowest BCUT2D eigenvalue weighted by Gasteiger charge is -2.07. The summed E-state index contributed by atoms with van der Waals surface area (Å²) < 4.78 is 10.8. The van der Waals surface area contributed by atoms with Crippen molar-refractivity contribution < 1.29 is 9.47 Å². The van der Waals surface area contributed by atoms with Crippen molar-refractivity contribution >= 4 is 11.6 Å². The van der Waals surface area contributed by atoms with Crippen molar-refractivity contribution in [3.05, 3.63) is 46.9 Å². The number of halogens is 1. The van der Waals surface area contributed by atoms with Crippen LogP contribution in [-0.2, 0) is 11.2 Å². The number of methoxy groups -OCH3 is 1. The summed E-state index contributed by atoms with van der Waals surface area (Å²) in [4.78, 5) is 8.67. The molecule has 0 aliphatic heterocycles. The molecule has 1 aliphatic rings. The summed E-state index contributed by atoms with van der Waals surface area (Å²) in [6.07, 6.45) is 3.16. The maximum Gasteiger partial charge on any atom is 0.224 e. The quantitative estimate of drug-likeness (QED) is 0.757. The summed E-state index contributed by atoms with van der Waals surface area (Å²) in [5.74, 6) is 2.48. The molecule has 1 fully saturated rings. The Morgan fingerprint density at radius 1 is 1.19 bits per heavy atom. The summed E-state index contributed by atoms with van der Waals surface area (Å²) >= 11 is 6.03. The third kappa shape index (κ3) is 3.93. The molecule has 3 rings (SSSR count). The highest BCUT2D eigenvalue weighted by Crippen LogP contribution is 2.39. The molecule has 0 spiro atoms. The van der Waals surface area contributed by atoms with E-state index >= 15 is 0 Å². The van der Waals surface area contributed by atoms with Gasteiger partial charge in [0, 0.05) is 19.1 Å². The maximum absolute atomic E-state index is 6.03. The molecule has 2 aromatic rings. The van der Waals surface area contributed by atoms with Crippen LogP contribution < -0.4 is 4.74 Å². The van der Waals surface area contributed by atoms with Crippen LogP contribution in [0.25, 0.3) is 0 Å². The van der Waals surface area contributed by atoms with E-state index in [1.807, 2.05) is 24.3 Å². The average Bonchev–Trinajstić information content (AvgIpc) is 3.30. The highest BCUT2D eigenvalue weighted by atomic mass is 35.5. The number of nitrogens with zero attached hydrogens (tertiary/aromatic N) is 2. The molecule has 1 aromatic carbocycles. The highest BCUT2D eigenvalue weighted by Gasteiger charge is 2.27. The first-order valence-electron chi connectivity index (χ1n) is 7.05. The first kappa shape index (κ1) is 14.3. The summed E-state index contributed by atoms with van der Waals surface area (Å²) in [5.41, 5.74) is 1.21. The molecule has 1 aromatic heterocycles. The monoisotopic (exact) mass is 304 g/mol. The SMILES string of the molecule is COCCc1ccc(Oc2cc(Cl)nc(C3CC3)n2)cc1. The number of benzene rings is 1. The van der Waals surface area contributed by atoms with E-state index in [0.29, 0.717) is 23.6 Å². The highest BCUT2D eigenvalue weighted by molar-refractivity contribution is 6.29. The van der Waals surface area contributed by atoms with Gasteiger partial charge in [-0.1, -0.05) is 23.7 Å². The average molecular weight is 305 g/mol. The van der Waals surface area contributed by atoms with Crippen LogP contribution in [0.2, 0.25) is 5.15 Å². The maximum atomic E-state index is 6.03. The number of hydrogen-bond acceptors (Lipinski definition) is 4. The Kier molecular flexibility index (Phi) is 4.36. The minimum Gasteiger partial charge on any atom is -0.439 e. The summed E-state index contributed by atoms with van der Waals surface area (Å²) in [5, 5.41) is 0.429. The Hall–Kier alpha value is -1.65. The molecular weight excluding hydrogens is 288 g/mol. The van der Waals surface area contributed by atoms with Crippen LogP contribution in [0.3, 0.4) is 0 Å². The largest absolute Gasteiger partial charge is 0.439 e. The molecule has 21 heavy (non-hydrogen) atoms. The summed E-state index contributed by atoms with van der Waals surface area (Å²) in [7, 11) is 1.70. The molecule has 110 valence electrons. The van der Waals surface area contributed by atoms with E-state index in [4.69, 9.17) is 21.1 Å². The van der Waals surface area contributed by atoms with Crippen LogP contribution in [-0.4, -0.2) is 23.7 Å². The van der Waals surface area contributed by atoms with Gasteiger partial charge in [-0.05, 0) is 37.0 Å². The molecule has 1 aliphatic carbocycles. The Morgan fingerprint density at radius 2 is 1.95 bits per heavy atom. The van der Waals surface area contributed by atoms with Gasteiger partial charge in [0.2, 0.25) is 5.88 Å². The van der Waals surface area contributed by atoms with E-state index < -0.39 is 0 Å².